The largest absolute Gasteiger partial charge is 0.388 e. The normalized spacial score (nSPS) is 33.9. The maximum Gasteiger partial charge on any atom is 0.244 e. The van der Waals surface area contributed by atoms with Crippen LogP contribution in [0.1, 0.15) is 52.9 Å². The molecule has 0 aromatic rings. The van der Waals surface area contributed by atoms with Crippen LogP contribution >= 0.6 is 0 Å². The molecule has 1 rings (SSSR count). The Morgan fingerprint density at radius 2 is 1.75 bits per heavy atom. The van der Waals surface area contributed by atoms with Crippen LogP contribution in [0.5, 0.6) is 0 Å². The number of aliphatic hydroxyl groups is 3. The molecule has 0 aliphatic carbocycles. The van der Waals surface area contributed by atoms with E-state index in [0.29, 0.717) is 12.8 Å². The molecule has 1 aliphatic heterocycles. The first-order valence-corrected chi connectivity index (χ1v) is 11.4. The number of unbranched alkanes of at least 4 members (excludes halogenated alkanes) is 1. The third kappa shape index (κ3) is 12.4. The summed E-state index contributed by atoms with van der Waals surface area (Å²) in [5, 5.41) is 33.5. The van der Waals surface area contributed by atoms with Gasteiger partial charge in [-0.3, -0.25) is 4.79 Å². The summed E-state index contributed by atoms with van der Waals surface area (Å²) in [6.07, 6.45) is 22.4. The van der Waals surface area contributed by atoms with Gasteiger partial charge in [0.2, 0.25) is 5.91 Å². The number of carbonyl (C=O) groups excluding carboxylic acids is 1. The average Bonchev–Trinajstić information content (AvgIpc) is 2.75. The first-order valence-electron chi connectivity index (χ1n) is 11.4. The minimum Gasteiger partial charge on any atom is -0.388 e. The van der Waals surface area contributed by atoms with Crippen LogP contribution in [0.2, 0.25) is 0 Å². The number of allylic oxidation sites excluding steroid dienone is 7. The zero-order valence-corrected chi connectivity index (χ0v) is 19.5. The van der Waals surface area contributed by atoms with Crippen LogP contribution in [0.25, 0.3) is 0 Å². The molecule has 0 bridgehead atoms. The molecule has 0 radical (unpaired) electrons. The Bertz CT molecular complexity index is 771. The Hall–Kier alpha value is -2.47. The van der Waals surface area contributed by atoms with Gasteiger partial charge in [-0.05, 0) is 45.1 Å². The van der Waals surface area contributed by atoms with E-state index in [0.717, 1.165) is 30.4 Å². The van der Waals surface area contributed by atoms with Crippen molar-refractivity contribution in [3.8, 4) is 0 Å². The molecule has 176 valence electrons. The Morgan fingerprint density at radius 3 is 2.50 bits per heavy atom. The highest BCUT2D eigenvalue weighted by atomic mass is 16.3. The van der Waals surface area contributed by atoms with E-state index >= 15 is 0 Å². The van der Waals surface area contributed by atoms with E-state index in [9.17, 15) is 20.1 Å². The van der Waals surface area contributed by atoms with Crippen molar-refractivity contribution < 1.29 is 20.1 Å². The monoisotopic (exact) mass is 441 g/mol. The van der Waals surface area contributed by atoms with E-state index in [1.165, 1.54) is 12.2 Å². The highest BCUT2D eigenvalue weighted by molar-refractivity contribution is 5.88. The molecule has 0 saturated heterocycles. The Labute approximate surface area is 192 Å². The molecule has 5 heteroatoms. The fourth-order valence-electron chi connectivity index (χ4n) is 3.00. The Morgan fingerprint density at radius 1 is 1.00 bits per heavy atom. The van der Waals surface area contributed by atoms with Crippen molar-refractivity contribution in [3.63, 3.8) is 0 Å². The van der Waals surface area contributed by atoms with E-state index < -0.39 is 18.3 Å². The van der Waals surface area contributed by atoms with Crippen molar-refractivity contribution in [3.05, 3.63) is 84.1 Å². The Kier molecular flexibility index (Phi) is 14.0. The fourth-order valence-corrected chi connectivity index (χ4v) is 3.00. The molecular weight excluding hydrogens is 402 g/mol. The topological polar surface area (TPSA) is 89.8 Å². The minimum atomic E-state index is -1.06. The van der Waals surface area contributed by atoms with E-state index in [-0.39, 0.29) is 11.9 Å². The van der Waals surface area contributed by atoms with Crippen LogP contribution in [-0.2, 0) is 4.79 Å². The summed E-state index contributed by atoms with van der Waals surface area (Å²) in [7, 11) is 0. The molecule has 4 atom stereocenters. The first kappa shape index (κ1) is 27.6. The van der Waals surface area contributed by atoms with Gasteiger partial charge >= 0.3 is 0 Å². The van der Waals surface area contributed by atoms with Crippen molar-refractivity contribution in [2.45, 2.75) is 77.2 Å². The highest BCUT2D eigenvalue weighted by Crippen LogP contribution is 2.10. The summed E-state index contributed by atoms with van der Waals surface area (Å²) < 4.78 is 0. The number of nitrogens with one attached hydrogen (secondary N) is 1. The van der Waals surface area contributed by atoms with Gasteiger partial charge in [0.1, 0.15) is 12.2 Å². The van der Waals surface area contributed by atoms with Crippen molar-refractivity contribution >= 4 is 5.91 Å². The SMILES string of the molecule is CCC/C=C/CC1C/C=C/C=C(\C)C(O)C/C=C\C(O)C(O)\C=C(C)/C=C/C=C/C(=O)N1. The van der Waals surface area contributed by atoms with Crippen LogP contribution in [0.4, 0.5) is 0 Å². The molecule has 0 fully saturated rings. The molecule has 1 amide bonds. The van der Waals surface area contributed by atoms with Gasteiger partial charge in [-0.1, -0.05) is 85.8 Å². The lowest BCUT2D eigenvalue weighted by Gasteiger charge is -2.14. The second kappa shape index (κ2) is 16.2. The molecule has 1 aliphatic rings. The van der Waals surface area contributed by atoms with Gasteiger partial charge in [0.05, 0.1) is 6.10 Å². The van der Waals surface area contributed by atoms with Crippen LogP contribution in [0, 0.1) is 0 Å². The van der Waals surface area contributed by atoms with Crippen LogP contribution in [0.3, 0.4) is 0 Å². The smallest absolute Gasteiger partial charge is 0.244 e. The molecule has 0 saturated carbocycles. The van der Waals surface area contributed by atoms with Crippen LogP contribution in [-0.4, -0.2) is 45.6 Å². The third-order valence-corrected chi connectivity index (χ3v) is 5.02. The summed E-state index contributed by atoms with van der Waals surface area (Å²) in [6, 6.07) is -0.0223. The molecule has 1 heterocycles. The number of hydrogen-bond acceptors (Lipinski definition) is 4. The van der Waals surface area contributed by atoms with Crippen LogP contribution in [0.15, 0.2) is 84.1 Å². The Balaban J connectivity index is 3.02. The lowest BCUT2D eigenvalue weighted by molar-refractivity contribution is -0.117. The minimum absolute atomic E-state index is 0.0223. The van der Waals surface area contributed by atoms with Crippen molar-refractivity contribution in [1.82, 2.24) is 5.32 Å². The second-order valence-corrected chi connectivity index (χ2v) is 8.07. The van der Waals surface area contributed by atoms with Crippen molar-refractivity contribution in [2.24, 2.45) is 0 Å². The summed E-state index contributed by atoms with van der Waals surface area (Å²) in [4.78, 5) is 12.3. The standard InChI is InChI=1S/C27H39NO4/c1-4-5-6-7-15-23-16-10-9-14-22(3)24(29)17-12-18-25(30)26(31)20-21(2)13-8-11-19-27(32)28-23/h6-14,18-20,23-26,29-31H,4-5,15-17H2,1-3H3,(H,28,32)/b7-6+,10-9+,13-8+,18-12-,19-11+,21-20-,22-14+. The van der Waals surface area contributed by atoms with E-state index in [1.54, 1.807) is 37.3 Å². The zero-order chi connectivity index (χ0) is 23.8. The summed E-state index contributed by atoms with van der Waals surface area (Å²) in [5.74, 6) is -0.171. The van der Waals surface area contributed by atoms with E-state index in [2.05, 4.69) is 24.4 Å². The van der Waals surface area contributed by atoms with Gasteiger partial charge in [-0.15, -0.1) is 0 Å². The molecule has 32 heavy (non-hydrogen) atoms. The number of carbonyl (C=O) groups is 1. The molecular formula is C27H39NO4. The van der Waals surface area contributed by atoms with Gasteiger partial charge in [-0.25, -0.2) is 0 Å². The molecule has 0 spiro atoms. The number of rotatable bonds is 4. The fraction of sp³-hybridized carbons (Fsp3) is 0.444. The summed E-state index contributed by atoms with van der Waals surface area (Å²) in [6.45, 7) is 5.78. The van der Waals surface area contributed by atoms with Crippen molar-refractivity contribution in [1.29, 1.82) is 0 Å². The molecule has 5 nitrogen and oxygen atoms in total. The maximum absolute atomic E-state index is 12.3. The third-order valence-electron chi connectivity index (χ3n) is 5.02. The lowest BCUT2D eigenvalue weighted by Crippen LogP contribution is -2.32. The quantitative estimate of drug-likeness (QED) is 0.492. The number of hydrogen-bond donors (Lipinski definition) is 4. The molecule has 4 unspecified atom stereocenters. The average molecular weight is 442 g/mol. The summed E-state index contributed by atoms with van der Waals surface area (Å²) in [5.41, 5.74) is 1.55. The van der Waals surface area contributed by atoms with Gasteiger partial charge in [0.25, 0.3) is 0 Å². The zero-order valence-electron chi connectivity index (χ0n) is 19.5. The van der Waals surface area contributed by atoms with Crippen LogP contribution < -0.4 is 5.32 Å². The van der Waals surface area contributed by atoms with E-state index in [4.69, 9.17) is 0 Å². The van der Waals surface area contributed by atoms with Gasteiger partial charge in [-0.2, -0.15) is 0 Å². The first-order chi connectivity index (χ1) is 15.3. The predicted molar refractivity (Wildman–Crippen MR) is 132 cm³/mol. The molecule has 4 N–H and O–H groups in total. The number of aliphatic hydroxyl groups excluding tert-OH is 3. The maximum atomic E-state index is 12.3. The highest BCUT2D eigenvalue weighted by Gasteiger charge is 2.11. The van der Waals surface area contributed by atoms with Gasteiger partial charge < -0.3 is 20.6 Å². The van der Waals surface area contributed by atoms with Crippen molar-refractivity contribution in [2.75, 3.05) is 0 Å². The van der Waals surface area contributed by atoms with Gasteiger partial charge in [0, 0.05) is 12.1 Å². The second-order valence-electron chi connectivity index (χ2n) is 8.07. The number of amides is 1. The van der Waals surface area contributed by atoms with E-state index in [1.807, 2.05) is 25.2 Å². The summed E-state index contributed by atoms with van der Waals surface area (Å²) >= 11 is 0. The molecule has 0 aromatic heterocycles. The predicted octanol–water partition coefficient (Wildman–Crippen LogP) is 4.21. The van der Waals surface area contributed by atoms with Gasteiger partial charge in [0.15, 0.2) is 0 Å². The lowest BCUT2D eigenvalue weighted by atomic mass is 10.0. The molecule has 0 aromatic carbocycles.